The summed E-state index contributed by atoms with van der Waals surface area (Å²) >= 11 is 0. The zero-order chi connectivity index (χ0) is 13.4. The van der Waals surface area contributed by atoms with Crippen LogP contribution in [0.1, 0.15) is 28.2 Å². The molecule has 20 heavy (non-hydrogen) atoms. The van der Waals surface area contributed by atoms with Crippen LogP contribution in [0.5, 0.6) is 5.75 Å². The number of rotatable bonds is 1. The standard InChI is InChI=1S/C18H19NO/c1-2-6-15-13(4-1)8-10-19-12-17(15)16-7-3-5-14-9-11-20-18(14)16/h1-7,17,19H,8-12H2. The lowest BCUT2D eigenvalue weighted by molar-refractivity contribution is 0.352. The van der Waals surface area contributed by atoms with Gasteiger partial charge >= 0.3 is 0 Å². The van der Waals surface area contributed by atoms with Gasteiger partial charge in [0.15, 0.2) is 0 Å². The van der Waals surface area contributed by atoms with Gasteiger partial charge in [-0.3, -0.25) is 0 Å². The van der Waals surface area contributed by atoms with Crippen molar-refractivity contribution < 1.29 is 4.74 Å². The Morgan fingerprint density at radius 2 is 1.75 bits per heavy atom. The van der Waals surface area contributed by atoms with Crippen molar-refractivity contribution in [2.75, 3.05) is 19.7 Å². The van der Waals surface area contributed by atoms with Crippen molar-refractivity contribution >= 4 is 0 Å². The molecule has 1 N–H and O–H groups in total. The molecule has 0 aromatic heterocycles. The van der Waals surface area contributed by atoms with Crippen molar-refractivity contribution in [1.29, 1.82) is 0 Å². The van der Waals surface area contributed by atoms with Crippen LogP contribution in [0.4, 0.5) is 0 Å². The molecule has 0 radical (unpaired) electrons. The van der Waals surface area contributed by atoms with Crippen LogP contribution in [-0.2, 0) is 12.8 Å². The van der Waals surface area contributed by atoms with Gasteiger partial charge in [-0.05, 0) is 29.7 Å². The predicted octanol–water partition coefficient (Wildman–Crippen LogP) is 2.90. The van der Waals surface area contributed by atoms with Crippen LogP contribution in [0.2, 0.25) is 0 Å². The van der Waals surface area contributed by atoms with Crippen LogP contribution in [0.15, 0.2) is 42.5 Å². The van der Waals surface area contributed by atoms with Crippen LogP contribution in [-0.4, -0.2) is 19.7 Å². The fourth-order valence-corrected chi connectivity index (χ4v) is 3.47. The lowest BCUT2D eigenvalue weighted by Crippen LogP contribution is -2.21. The Morgan fingerprint density at radius 1 is 0.900 bits per heavy atom. The van der Waals surface area contributed by atoms with Gasteiger partial charge in [0.2, 0.25) is 0 Å². The van der Waals surface area contributed by atoms with E-state index in [4.69, 9.17) is 4.74 Å². The van der Waals surface area contributed by atoms with E-state index < -0.39 is 0 Å². The topological polar surface area (TPSA) is 21.3 Å². The predicted molar refractivity (Wildman–Crippen MR) is 80.5 cm³/mol. The van der Waals surface area contributed by atoms with E-state index in [1.807, 2.05) is 0 Å². The zero-order valence-electron chi connectivity index (χ0n) is 11.6. The van der Waals surface area contributed by atoms with Gasteiger partial charge in [0.25, 0.3) is 0 Å². The SMILES string of the molecule is c1ccc2c(c1)CCNCC2c1cccc2c1OCC2. The normalized spacial score (nSPS) is 20.7. The van der Waals surface area contributed by atoms with E-state index in [9.17, 15) is 0 Å². The van der Waals surface area contributed by atoms with Crippen LogP contribution < -0.4 is 10.1 Å². The molecule has 2 aliphatic heterocycles. The molecule has 2 aromatic rings. The van der Waals surface area contributed by atoms with E-state index in [0.29, 0.717) is 5.92 Å². The van der Waals surface area contributed by atoms with E-state index in [-0.39, 0.29) is 0 Å². The summed E-state index contributed by atoms with van der Waals surface area (Å²) in [6.07, 6.45) is 2.16. The molecule has 2 aliphatic rings. The molecule has 0 saturated carbocycles. The first-order valence-electron chi connectivity index (χ1n) is 7.46. The zero-order valence-corrected chi connectivity index (χ0v) is 11.6. The molecule has 2 heteroatoms. The molecule has 4 rings (SSSR count). The summed E-state index contributed by atoms with van der Waals surface area (Å²) in [5, 5.41) is 3.58. The number of hydrogen-bond donors (Lipinski definition) is 1. The molecule has 102 valence electrons. The molecule has 1 unspecified atom stereocenters. The summed E-state index contributed by atoms with van der Waals surface area (Å²) in [7, 11) is 0. The minimum absolute atomic E-state index is 0.404. The van der Waals surface area contributed by atoms with Crippen molar-refractivity contribution in [2.24, 2.45) is 0 Å². The second-order valence-corrected chi connectivity index (χ2v) is 5.64. The first kappa shape index (κ1) is 12.0. The van der Waals surface area contributed by atoms with Crippen molar-refractivity contribution in [3.63, 3.8) is 0 Å². The fourth-order valence-electron chi connectivity index (χ4n) is 3.47. The Bertz CT molecular complexity index is 635. The van der Waals surface area contributed by atoms with Gasteiger partial charge in [-0.1, -0.05) is 42.5 Å². The molecular weight excluding hydrogens is 246 g/mol. The molecule has 2 nitrogen and oxygen atoms in total. The highest BCUT2D eigenvalue weighted by atomic mass is 16.5. The summed E-state index contributed by atoms with van der Waals surface area (Å²) in [5.74, 6) is 1.54. The van der Waals surface area contributed by atoms with Gasteiger partial charge in [0.05, 0.1) is 6.61 Å². The first-order valence-corrected chi connectivity index (χ1v) is 7.46. The van der Waals surface area contributed by atoms with Gasteiger partial charge in [0, 0.05) is 24.4 Å². The highest BCUT2D eigenvalue weighted by Crippen LogP contribution is 2.38. The first-order chi connectivity index (χ1) is 9.93. The molecular formula is C18H19NO. The van der Waals surface area contributed by atoms with Gasteiger partial charge in [0.1, 0.15) is 5.75 Å². The number of para-hydroxylation sites is 1. The van der Waals surface area contributed by atoms with Crippen molar-refractivity contribution in [3.8, 4) is 5.75 Å². The molecule has 0 saturated heterocycles. The lowest BCUT2D eigenvalue weighted by atomic mass is 9.87. The van der Waals surface area contributed by atoms with Gasteiger partial charge in [-0.15, -0.1) is 0 Å². The van der Waals surface area contributed by atoms with Gasteiger partial charge in [-0.2, -0.15) is 0 Å². The fraction of sp³-hybridized carbons (Fsp3) is 0.333. The molecule has 1 atom stereocenters. The van der Waals surface area contributed by atoms with Crippen LogP contribution in [0.25, 0.3) is 0 Å². The minimum atomic E-state index is 0.404. The molecule has 0 spiro atoms. The third kappa shape index (κ3) is 1.92. The maximum atomic E-state index is 5.91. The third-order valence-electron chi connectivity index (χ3n) is 4.47. The number of fused-ring (bicyclic) bond motifs is 2. The maximum Gasteiger partial charge on any atom is 0.126 e. The average molecular weight is 265 g/mol. The second kappa shape index (κ2) is 4.95. The largest absolute Gasteiger partial charge is 0.493 e. The number of benzene rings is 2. The number of hydrogen-bond acceptors (Lipinski definition) is 2. The minimum Gasteiger partial charge on any atom is -0.493 e. The average Bonchev–Trinajstić information content (AvgIpc) is 2.87. The van der Waals surface area contributed by atoms with E-state index in [0.717, 1.165) is 38.3 Å². The molecule has 0 fully saturated rings. The van der Waals surface area contributed by atoms with E-state index in [1.54, 1.807) is 0 Å². The summed E-state index contributed by atoms with van der Waals surface area (Å²) < 4.78 is 5.91. The molecule has 2 heterocycles. The quantitative estimate of drug-likeness (QED) is 0.856. The maximum absolute atomic E-state index is 5.91. The van der Waals surface area contributed by atoms with Crippen molar-refractivity contribution in [2.45, 2.75) is 18.8 Å². The summed E-state index contributed by atoms with van der Waals surface area (Å²) in [6.45, 7) is 2.88. The van der Waals surface area contributed by atoms with E-state index >= 15 is 0 Å². The highest BCUT2D eigenvalue weighted by molar-refractivity contribution is 5.50. The van der Waals surface area contributed by atoms with E-state index in [1.165, 1.54) is 22.3 Å². The van der Waals surface area contributed by atoms with Crippen LogP contribution in [0.3, 0.4) is 0 Å². The molecule has 2 aromatic carbocycles. The highest BCUT2D eigenvalue weighted by Gasteiger charge is 2.25. The Kier molecular flexibility index (Phi) is 2.96. The van der Waals surface area contributed by atoms with Crippen LogP contribution in [0, 0.1) is 0 Å². The van der Waals surface area contributed by atoms with Crippen molar-refractivity contribution in [3.05, 3.63) is 64.7 Å². The Hall–Kier alpha value is -1.80. The summed E-state index contributed by atoms with van der Waals surface area (Å²) in [5.41, 5.74) is 5.64. The second-order valence-electron chi connectivity index (χ2n) is 5.64. The summed E-state index contributed by atoms with van der Waals surface area (Å²) in [4.78, 5) is 0. The van der Waals surface area contributed by atoms with Gasteiger partial charge < -0.3 is 10.1 Å². The Balaban J connectivity index is 1.84. The number of nitrogens with one attached hydrogen (secondary N) is 1. The molecule has 0 amide bonds. The van der Waals surface area contributed by atoms with Crippen molar-refractivity contribution in [1.82, 2.24) is 5.32 Å². The Morgan fingerprint density at radius 3 is 2.75 bits per heavy atom. The third-order valence-corrected chi connectivity index (χ3v) is 4.47. The molecule has 0 bridgehead atoms. The lowest BCUT2D eigenvalue weighted by Gasteiger charge is -2.20. The monoisotopic (exact) mass is 265 g/mol. The summed E-state index contributed by atoms with van der Waals surface area (Å²) in [6, 6.07) is 15.5. The van der Waals surface area contributed by atoms with Gasteiger partial charge in [-0.25, -0.2) is 0 Å². The Labute approximate surface area is 119 Å². The van der Waals surface area contributed by atoms with Crippen LogP contribution >= 0.6 is 0 Å². The number of ether oxygens (including phenoxy) is 1. The smallest absolute Gasteiger partial charge is 0.126 e. The van der Waals surface area contributed by atoms with E-state index in [2.05, 4.69) is 47.8 Å². The molecule has 0 aliphatic carbocycles.